The Hall–Kier alpha value is -1.66. The van der Waals surface area contributed by atoms with E-state index in [-0.39, 0.29) is 0 Å². The van der Waals surface area contributed by atoms with E-state index in [4.69, 9.17) is 0 Å². The Morgan fingerprint density at radius 1 is 1.19 bits per heavy atom. The second-order valence-electron chi connectivity index (χ2n) is 5.47. The van der Waals surface area contributed by atoms with Crippen LogP contribution >= 0.6 is 0 Å². The number of aromatic nitrogens is 2. The average Bonchev–Trinajstić information content (AvgIpc) is 2.68. The van der Waals surface area contributed by atoms with Crippen molar-refractivity contribution in [2.75, 3.05) is 6.54 Å². The number of nitrogens with one attached hydrogen (secondary N) is 1. The van der Waals surface area contributed by atoms with Crippen LogP contribution in [0.5, 0.6) is 0 Å². The normalized spacial score (nSPS) is 16.5. The number of nitrogens with zero attached hydrogens (tertiary/aromatic N) is 2. The minimum Gasteiger partial charge on any atom is -0.281 e. The van der Waals surface area contributed by atoms with Gasteiger partial charge in [-0.3, -0.25) is 5.10 Å². The molecule has 0 amide bonds. The summed E-state index contributed by atoms with van der Waals surface area (Å²) in [6.45, 7) is 4.45. The number of aryl methyl sites for hydroxylation is 3. The molecule has 6 heteroatoms. The summed E-state index contributed by atoms with van der Waals surface area (Å²) in [6, 6.07) is 8.06. The fraction of sp³-hybridized carbons (Fsp3) is 0.400. The van der Waals surface area contributed by atoms with E-state index in [1.165, 1.54) is 5.56 Å². The third-order valence-electron chi connectivity index (χ3n) is 3.98. The molecule has 0 radical (unpaired) electrons. The molecule has 1 aliphatic rings. The highest BCUT2D eigenvalue weighted by Gasteiger charge is 2.30. The number of rotatable bonds is 2. The van der Waals surface area contributed by atoms with Crippen LogP contribution in [0.2, 0.25) is 0 Å². The van der Waals surface area contributed by atoms with Gasteiger partial charge >= 0.3 is 0 Å². The first kappa shape index (κ1) is 14.3. The Labute approximate surface area is 125 Å². The molecule has 0 aliphatic carbocycles. The Kier molecular flexibility index (Phi) is 3.59. The fourth-order valence-electron chi connectivity index (χ4n) is 2.93. The van der Waals surface area contributed by atoms with Crippen LogP contribution in [0.1, 0.15) is 28.9 Å². The molecule has 0 saturated carbocycles. The maximum absolute atomic E-state index is 12.9. The predicted molar refractivity (Wildman–Crippen MR) is 80.4 cm³/mol. The Morgan fingerprint density at radius 2 is 1.90 bits per heavy atom. The van der Waals surface area contributed by atoms with Crippen molar-refractivity contribution in [3.63, 3.8) is 0 Å². The van der Waals surface area contributed by atoms with Crippen molar-refractivity contribution in [3.8, 4) is 0 Å². The van der Waals surface area contributed by atoms with Gasteiger partial charge in [0.2, 0.25) is 10.0 Å². The number of benzene rings is 1. The van der Waals surface area contributed by atoms with Gasteiger partial charge in [-0.2, -0.15) is 9.40 Å². The van der Waals surface area contributed by atoms with Crippen molar-refractivity contribution in [1.82, 2.24) is 14.5 Å². The molecule has 2 heterocycles. The zero-order valence-electron chi connectivity index (χ0n) is 12.3. The highest BCUT2D eigenvalue weighted by atomic mass is 32.2. The van der Waals surface area contributed by atoms with Crippen molar-refractivity contribution < 1.29 is 8.42 Å². The maximum Gasteiger partial charge on any atom is 0.247 e. The predicted octanol–water partition coefficient (Wildman–Crippen LogP) is 2.16. The Balaban J connectivity index is 2.01. The summed E-state index contributed by atoms with van der Waals surface area (Å²) in [5.41, 5.74) is 3.48. The zero-order valence-corrected chi connectivity index (χ0v) is 13.1. The lowest BCUT2D eigenvalue weighted by Crippen LogP contribution is -2.31. The molecule has 1 aromatic heterocycles. The topological polar surface area (TPSA) is 66.1 Å². The van der Waals surface area contributed by atoms with Gasteiger partial charge in [-0.25, -0.2) is 8.42 Å². The smallest absolute Gasteiger partial charge is 0.247 e. The molecule has 0 atom stereocenters. The first-order valence-electron chi connectivity index (χ1n) is 7.08. The summed E-state index contributed by atoms with van der Waals surface area (Å²) in [6.07, 6.45) is 1.76. The molecule has 112 valence electrons. The van der Waals surface area contributed by atoms with E-state index in [1.807, 2.05) is 18.2 Å². The molecule has 21 heavy (non-hydrogen) atoms. The first-order chi connectivity index (χ1) is 10.00. The minimum atomic E-state index is -3.51. The van der Waals surface area contributed by atoms with Crippen LogP contribution < -0.4 is 0 Å². The summed E-state index contributed by atoms with van der Waals surface area (Å²) in [7, 11) is -3.51. The summed E-state index contributed by atoms with van der Waals surface area (Å²) < 4.78 is 27.4. The molecule has 3 rings (SSSR count). The number of H-pyrrole nitrogens is 1. The van der Waals surface area contributed by atoms with Gasteiger partial charge < -0.3 is 0 Å². The minimum absolute atomic E-state index is 0.321. The number of hydrogen-bond donors (Lipinski definition) is 1. The lowest BCUT2D eigenvalue weighted by molar-refractivity contribution is 0.409. The van der Waals surface area contributed by atoms with Gasteiger partial charge in [0.25, 0.3) is 0 Å². The van der Waals surface area contributed by atoms with E-state index >= 15 is 0 Å². The molecular weight excluding hydrogens is 286 g/mol. The van der Waals surface area contributed by atoms with Gasteiger partial charge in [0, 0.05) is 13.1 Å². The van der Waals surface area contributed by atoms with E-state index in [0.717, 1.165) is 18.4 Å². The Bertz CT molecular complexity index is 745. The van der Waals surface area contributed by atoms with Crippen LogP contribution in [0.4, 0.5) is 0 Å². The van der Waals surface area contributed by atoms with Crippen LogP contribution in [-0.4, -0.2) is 29.5 Å². The standard InChI is InChI=1S/C15H19N3O2S/c1-11-15(12(2)17-16-11)21(19,20)18-9-5-8-13-6-3-4-7-14(13)10-18/h3-4,6-7H,5,8-10H2,1-2H3,(H,16,17). The summed E-state index contributed by atoms with van der Waals surface area (Å²) in [5.74, 6) is 0. The van der Waals surface area contributed by atoms with Crippen molar-refractivity contribution in [1.29, 1.82) is 0 Å². The summed E-state index contributed by atoms with van der Waals surface area (Å²) in [4.78, 5) is 0.321. The van der Waals surface area contributed by atoms with Gasteiger partial charge in [-0.1, -0.05) is 24.3 Å². The van der Waals surface area contributed by atoms with Crippen molar-refractivity contribution in [2.24, 2.45) is 0 Å². The molecule has 0 unspecified atom stereocenters. The second-order valence-corrected chi connectivity index (χ2v) is 7.35. The number of aromatic amines is 1. The number of sulfonamides is 1. The lowest BCUT2D eigenvalue weighted by atomic mass is 10.0. The molecule has 0 bridgehead atoms. The number of fused-ring (bicyclic) bond motifs is 1. The molecular formula is C15H19N3O2S. The van der Waals surface area contributed by atoms with E-state index in [9.17, 15) is 8.42 Å². The van der Waals surface area contributed by atoms with Crippen LogP contribution in [0.15, 0.2) is 29.2 Å². The lowest BCUT2D eigenvalue weighted by Gasteiger charge is -2.20. The highest BCUT2D eigenvalue weighted by Crippen LogP contribution is 2.26. The largest absolute Gasteiger partial charge is 0.281 e. The third-order valence-corrected chi connectivity index (χ3v) is 6.09. The van der Waals surface area contributed by atoms with Gasteiger partial charge in [-0.05, 0) is 37.8 Å². The van der Waals surface area contributed by atoms with Gasteiger partial charge in [-0.15, -0.1) is 0 Å². The molecule has 1 aliphatic heterocycles. The molecule has 5 nitrogen and oxygen atoms in total. The van der Waals surface area contributed by atoms with Gasteiger partial charge in [0.05, 0.1) is 11.4 Å². The quantitative estimate of drug-likeness (QED) is 0.924. The maximum atomic E-state index is 12.9. The van der Waals surface area contributed by atoms with Crippen LogP contribution in [0.25, 0.3) is 0 Å². The van der Waals surface area contributed by atoms with Crippen molar-refractivity contribution >= 4 is 10.0 Å². The van der Waals surface area contributed by atoms with Crippen LogP contribution in [-0.2, 0) is 23.0 Å². The van der Waals surface area contributed by atoms with Gasteiger partial charge in [0.1, 0.15) is 4.90 Å². The fourth-order valence-corrected chi connectivity index (χ4v) is 4.71. The summed E-state index contributed by atoms with van der Waals surface area (Å²) >= 11 is 0. The van der Waals surface area contributed by atoms with Crippen molar-refractivity contribution in [3.05, 3.63) is 46.8 Å². The zero-order chi connectivity index (χ0) is 15.0. The first-order valence-corrected chi connectivity index (χ1v) is 8.52. The number of hydrogen-bond acceptors (Lipinski definition) is 3. The van der Waals surface area contributed by atoms with Crippen LogP contribution in [0, 0.1) is 13.8 Å². The third kappa shape index (κ3) is 2.49. The monoisotopic (exact) mass is 305 g/mol. The van der Waals surface area contributed by atoms with Crippen molar-refractivity contribution in [2.45, 2.75) is 38.1 Å². The molecule has 1 N–H and O–H groups in total. The van der Waals surface area contributed by atoms with E-state index in [1.54, 1.807) is 18.2 Å². The van der Waals surface area contributed by atoms with Crippen LogP contribution in [0.3, 0.4) is 0 Å². The van der Waals surface area contributed by atoms with E-state index in [2.05, 4.69) is 16.3 Å². The Morgan fingerprint density at radius 3 is 2.57 bits per heavy atom. The molecule has 0 saturated heterocycles. The van der Waals surface area contributed by atoms with Gasteiger partial charge in [0.15, 0.2) is 0 Å². The highest BCUT2D eigenvalue weighted by molar-refractivity contribution is 7.89. The molecule has 0 spiro atoms. The molecule has 0 fully saturated rings. The molecule has 2 aromatic rings. The van der Waals surface area contributed by atoms with E-state index in [0.29, 0.717) is 29.4 Å². The summed E-state index contributed by atoms with van der Waals surface area (Å²) in [5, 5.41) is 6.78. The average molecular weight is 305 g/mol. The second kappa shape index (κ2) is 5.27. The van der Waals surface area contributed by atoms with E-state index < -0.39 is 10.0 Å². The SMILES string of the molecule is Cc1n[nH]c(C)c1S(=O)(=O)N1CCCc2ccccc2C1. The molecule has 1 aromatic carbocycles.